The normalized spacial score (nSPS) is 10.7. The van der Waals surface area contributed by atoms with Crippen molar-refractivity contribution in [2.75, 3.05) is 0 Å². The molecule has 2 heteroatoms. The van der Waals surface area contributed by atoms with E-state index in [2.05, 4.69) is 66.0 Å². The fourth-order valence-electron chi connectivity index (χ4n) is 0.956. The van der Waals surface area contributed by atoms with Crippen molar-refractivity contribution in [3.8, 4) is 0 Å². The molecule has 1 aromatic rings. The maximum Gasteiger partial charge on any atom is 0.0218 e. The fraction of sp³-hybridized carbons (Fsp3) is 0.400. The van der Waals surface area contributed by atoms with Crippen molar-refractivity contribution >= 4 is 22.6 Å². The first-order valence-electron chi connectivity index (χ1n) is 4.17. The SMILES string of the molecule is CC(C)NCc1ccccc1I. The van der Waals surface area contributed by atoms with E-state index in [1.165, 1.54) is 9.13 Å². The molecule has 1 N–H and O–H groups in total. The lowest BCUT2D eigenvalue weighted by molar-refractivity contribution is 0.588. The van der Waals surface area contributed by atoms with Gasteiger partial charge in [-0.3, -0.25) is 0 Å². The monoisotopic (exact) mass is 275 g/mol. The van der Waals surface area contributed by atoms with E-state index in [0.29, 0.717) is 6.04 Å². The third-order valence-corrected chi connectivity index (χ3v) is 2.71. The molecule has 1 rings (SSSR count). The van der Waals surface area contributed by atoms with Crippen LogP contribution in [0.4, 0.5) is 0 Å². The van der Waals surface area contributed by atoms with E-state index in [4.69, 9.17) is 0 Å². The number of nitrogens with one attached hydrogen (secondary N) is 1. The van der Waals surface area contributed by atoms with Crippen LogP contribution < -0.4 is 5.32 Å². The average Bonchev–Trinajstić information content (AvgIpc) is 2.03. The van der Waals surface area contributed by atoms with Crippen LogP contribution in [0.25, 0.3) is 0 Å². The highest BCUT2D eigenvalue weighted by Crippen LogP contribution is 2.10. The number of hydrogen-bond acceptors (Lipinski definition) is 1. The van der Waals surface area contributed by atoms with Crippen molar-refractivity contribution in [1.29, 1.82) is 0 Å². The molecule has 0 saturated heterocycles. The second-order valence-corrected chi connectivity index (χ2v) is 4.29. The number of benzene rings is 1. The average molecular weight is 275 g/mol. The lowest BCUT2D eigenvalue weighted by Gasteiger charge is -2.08. The van der Waals surface area contributed by atoms with Crippen molar-refractivity contribution in [2.45, 2.75) is 26.4 Å². The molecule has 0 spiro atoms. The smallest absolute Gasteiger partial charge is 0.0218 e. The molecule has 0 unspecified atom stereocenters. The van der Waals surface area contributed by atoms with Crippen molar-refractivity contribution in [3.05, 3.63) is 33.4 Å². The molecule has 0 bridgehead atoms. The van der Waals surface area contributed by atoms with Gasteiger partial charge in [0, 0.05) is 16.2 Å². The van der Waals surface area contributed by atoms with Gasteiger partial charge >= 0.3 is 0 Å². The van der Waals surface area contributed by atoms with E-state index in [0.717, 1.165) is 6.54 Å². The van der Waals surface area contributed by atoms with Crippen LogP contribution in [0.1, 0.15) is 19.4 Å². The van der Waals surface area contributed by atoms with Gasteiger partial charge in [-0.15, -0.1) is 0 Å². The van der Waals surface area contributed by atoms with Crippen molar-refractivity contribution in [3.63, 3.8) is 0 Å². The Hall–Kier alpha value is -0.0900. The third-order valence-electron chi connectivity index (χ3n) is 1.66. The van der Waals surface area contributed by atoms with E-state index < -0.39 is 0 Å². The molecule has 0 heterocycles. The van der Waals surface area contributed by atoms with E-state index in [-0.39, 0.29) is 0 Å². The van der Waals surface area contributed by atoms with E-state index in [1.807, 2.05) is 0 Å². The quantitative estimate of drug-likeness (QED) is 0.836. The third kappa shape index (κ3) is 3.11. The summed E-state index contributed by atoms with van der Waals surface area (Å²) in [6.45, 7) is 5.29. The summed E-state index contributed by atoms with van der Waals surface area (Å²) in [6, 6.07) is 9.01. The van der Waals surface area contributed by atoms with Gasteiger partial charge in [-0.25, -0.2) is 0 Å². The van der Waals surface area contributed by atoms with Crippen molar-refractivity contribution < 1.29 is 0 Å². The van der Waals surface area contributed by atoms with Crippen LogP contribution in [-0.2, 0) is 6.54 Å². The highest BCUT2D eigenvalue weighted by Gasteiger charge is 1.98. The summed E-state index contributed by atoms with van der Waals surface area (Å²) >= 11 is 2.37. The zero-order chi connectivity index (χ0) is 8.97. The molecule has 0 aliphatic carbocycles. The molecule has 0 fully saturated rings. The minimum absolute atomic E-state index is 0.556. The van der Waals surface area contributed by atoms with Gasteiger partial charge in [0.25, 0.3) is 0 Å². The second-order valence-electron chi connectivity index (χ2n) is 3.13. The molecule has 1 aromatic carbocycles. The van der Waals surface area contributed by atoms with Gasteiger partial charge in [0.15, 0.2) is 0 Å². The molecule has 1 nitrogen and oxygen atoms in total. The van der Waals surface area contributed by atoms with Crippen LogP contribution in [0.5, 0.6) is 0 Å². The zero-order valence-corrected chi connectivity index (χ0v) is 9.63. The predicted octanol–water partition coefficient (Wildman–Crippen LogP) is 2.79. The highest BCUT2D eigenvalue weighted by atomic mass is 127. The molecule has 0 atom stereocenters. The Kier molecular flexibility index (Phi) is 4.01. The number of rotatable bonds is 3. The summed E-state index contributed by atoms with van der Waals surface area (Å²) in [5, 5.41) is 3.40. The van der Waals surface area contributed by atoms with Crippen LogP contribution in [0.2, 0.25) is 0 Å². The zero-order valence-electron chi connectivity index (χ0n) is 7.47. The minimum atomic E-state index is 0.556. The molecule has 0 saturated carbocycles. The molecule has 0 amide bonds. The fourth-order valence-corrected chi connectivity index (χ4v) is 1.53. The topological polar surface area (TPSA) is 12.0 Å². The van der Waals surface area contributed by atoms with E-state index in [1.54, 1.807) is 0 Å². The Balaban J connectivity index is 2.57. The predicted molar refractivity (Wildman–Crippen MR) is 61.1 cm³/mol. The van der Waals surface area contributed by atoms with Gasteiger partial charge in [-0.1, -0.05) is 32.0 Å². The maximum atomic E-state index is 3.40. The summed E-state index contributed by atoms with van der Waals surface area (Å²) in [5.74, 6) is 0. The van der Waals surface area contributed by atoms with Gasteiger partial charge in [-0.2, -0.15) is 0 Å². The maximum absolute atomic E-state index is 3.40. The van der Waals surface area contributed by atoms with Crippen LogP contribution in [0.15, 0.2) is 24.3 Å². The molecule has 0 aliphatic heterocycles. The van der Waals surface area contributed by atoms with Gasteiger partial charge in [-0.05, 0) is 34.2 Å². The standard InChI is InChI=1S/C10H14IN/c1-8(2)12-7-9-5-3-4-6-10(9)11/h3-6,8,12H,7H2,1-2H3. The molecule has 12 heavy (non-hydrogen) atoms. The van der Waals surface area contributed by atoms with Crippen LogP contribution in [0, 0.1) is 3.57 Å². The van der Waals surface area contributed by atoms with Gasteiger partial charge in [0.2, 0.25) is 0 Å². The van der Waals surface area contributed by atoms with E-state index >= 15 is 0 Å². The highest BCUT2D eigenvalue weighted by molar-refractivity contribution is 14.1. The van der Waals surface area contributed by atoms with Gasteiger partial charge in [0.1, 0.15) is 0 Å². The first kappa shape index (κ1) is 9.99. The van der Waals surface area contributed by atoms with Crippen molar-refractivity contribution in [2.24, 2.45) is 0 Å². The summed E-state index contributed by atoms with van der Waals surface area (Å²) in [5.41, 5.74) is 1.38. The molecule has 66 valence electrons. The number of hydrogen-bond donors (Lipinski definition) is 1. The van der Waals surface area contributed by atoms with Gasteiger partial charge < -0.3 is 5.32 Å². The molecule has 0 aliphatic rings. The summed E-state index contributed by atoms with van der Waals surface area (Å²) < 4.78 is 1.34. The Labute approximate surface area is 87.7 Å². The molecule has 0 aromatic heterocycles. The van der Waals surface area contributed by atoms with Crippen LogP contribution in [-0.4, -0.2) is 6.04 Å². The summed E-state index contributed by atoms with van der Waals surface area (Å²) in [6.07, 6.45) is 0. The Morgan fingerprint density at radius 2 is 2.00 bits per heavy atom. The van der Waals surface area contributed by atoms with E-state index in [9.17, 15) is 0 Å². The lowest BCUT2D eigenvalue weighted by Crippen LogP contribution is -2.22. The van der Waals surface area contributed by atoms with Crippen molar-refractivity contribution in [1.82, 2.24) is 5.32 Å². The van der Waals surface area contributed by atoms with Crippen LogP contribution >= 0.6 is 22.6 Å². The van der Waals surface area contributed by atoms with Crippen LogP contribution in [0.3, 0.4) is 0 Å². The Bertz CT molecular complexity index is 245. The molecule has 0 radical (unpaired) electrons. The first-order valence-corrected chi connectivity index (χ1v) is 5.25. The molecular formula is C10H14IN. The summed E-state index contributed by atoms with van der Waals surface area (Å²) in [4.78, 5) is 0. The largest absolute Gasteiger partial charge is 0.310 e. The minimum Gasteiger partial charge on any atom is -0.310 e. The summed E-state index contributed by atoms with van der Waals surface area (Å²) in [7, 11) is 0. The Morgan fingerprint density at radius 3 is 2.58 bits per heavy atom. The number of halogens is 1. The Morgan fingerprint density at radius 1 is 1.33 bits per heavy atom. The molecular weight excluding hydrogens is 261 g/mol. The second kappa shape index (κ2) is 4.82. The van der Waals surface area contributed by atoms with Gasteiger partial charge in [0.05, 0.1) is 0 Å². The first-order chi connectivity index (χ1) is 5.70. The lowest BCUT2D eigenvalue weighted by atomic mass is 10.2.